The zero-order chi connectivity index (χ0) is 20.7. The average molecular weight is 397 g/mol. The molecule has 2 aliphatic rings. The lowest BCUT2D eigenvalue weighted by Crippen LogP contribution is -2.45. The highest BCUT2D eigenvalue weighted by Crippen LogP contribution is 2.23. The number of rotatable bonds is 5. The Morgan fingerprint density at radius 1 is 1.00 bits per heavy atom. The molecule has 0 aromatic heterocycles. The van der Waals surface area contributed by atoms with E-state index < -0.39 is 5.60 Å². The topological polar surface area (TPSA) is 76.2 Å². The summed E-state index contributed by atoms with van der Waals surface area (Å²) in [5.74, 6) is -0.706. The van der Waals surface area contributed by atoms with Crippen molar-refractivity contribution < 1.29 is 23.9 Å². The standard InChI is InChI=1S/C21H36N2O5/c1-5-23(17-9-7-6-8-10-17)18(24)15-27-19(25)16-11-13-22(14-12-16)20(26)28-21(2,3)4/h16-17H,5-15H2,1-4H3. The van der Waals surface area contributed by atoms with Gasteiger partial charge in [0.25, 0.3) is 5.91 Å². The SMILES string of the molecule is CCN(C(=O)COC(=O)C1CCN(C(=O)OC(C)(C)C)CC1)C1CCCCC1. The van der Waals surface area contributed by atoms with Gasteiger partial charge in [-0.15, -0.1) is 0 Å². The summed E-state index contributed by atoms with van der Waals surface area (Å²) in [6.07, 6.45) is 6.35. The Morgan fingerprint density at radius 3 is 2.14 bits per heavy atom. The number of likely N-dealkylation sites (N-methyl/N-ethyl adjacent to an activating group) is 1. The maximum absolute atomic E-state index is 12.5. The lowest BCUT2D eigenvalue weighted by atomic mass is 9.94. The number of esters is 1. The molecule has 1 heterocycles. The van der Waals surface area contributed by atoms with Crippen LogP contribution in [0.4, 0.5) is 4.79 Å². The molecule has 7 heteroatoms. The van der Waals surface area contributed by atoms with E-state index in [1.165, 1.54) is 6.42 Å². The summed E-state index contributed by atoms with van der Waals surface area (Å²) >= 11 is 0. The van der Waals surface area contributed by atoms with Crippen LogP contribution in [0.2, 0.25) is 0 Å². The second-order valence-corrected chi connectivity index (χ2v) is 8.82. The summed E-state index contributed by atoms with van der Waals surface area (Å²) in [4.78, 5) is 40.5. The van der Waals surface area contributed by atoms with Crippen molar-refractivity contribution in [3.8, 4) is 0 Å². The van der Waals surface area contributed by atoms with Crippen molar-refractivity contribution in [2.75, 3.05) is 26.2 Å². The summed E-state index contributed by atoms with van der Waals surface area (Å²) in [5, 5.41) is 0. The summed E-state index contributed by atoms with van der Waals surface area (Å²) in [6, 6.07) is 0.280. The fourth-order valence-corrected chi connectivity index (χ4v) is 3.99. The minimum Gasteiger partial charge on any atom is -0.455 e. The van der Waals surface area contributed by atoms with Crippen LogP contribution in [0.3, 0.4) is 0 Å². The van der Waals surface area contributed by atoms with Crippen LogP contribution in [0, 0.1) is 5.92 Å². The summed E-state index contributed by atoms with van der Waals surface area (Å²) in [6.45, 7) is 8.86. The number of ether oxygens (including phenoxy) is 2. The molecule has 0 bridgehead atoms. The summed E-state index contributed by atoms with van der Waals surface area (Å²) < 4.78 is 10.7. The molecule has 1 aliphatic heterocycles. The number of hydrogen-bond acceptors (Lipinski definition) is 5. The normalized spacial score (nSPS) is 19.2. The van der Waals surface area contributed by atoms with Gasteiger partial charge < -0.3 is 19.3 Å². The minimum absolute atomic E-state index is 0.103. The van der Waals surface area contributed by atoms with Gasteiger partial charge in [-0.2, -0.15) is 0 Å². The molecule has 0 atom stereocenters. The van der Waals surface area contributed by atoms with Gasteiger partial charge in [-0.1, -0.05) is 19.3 Å². The van der Waals surface area contributed by atoms with Crippen LogP contribution < -0.4 is 0 Å². The molecule has 2 fully saturated rings. The number of nitrogens with zero attached hydrogens (tertiary/aromatic N) is 2. The lowest BCUT2D eigenvalue weighted by molar-refractivity contribution is -0.157. The van der Waals surface area contributed by atoms with E-state index in [1.807, 2.05) is 32.6 Å². The highest BCUT2D eigenvalue weighted by Gasteiger charge is 2.31. The maximum Gasteiger partial charge on any atom is 0.410 e. The van der Waals surface area contributed by atoms with Crippen molar-refractivity contribution in [3.63, 3.8) is 0 Å². The Morgan fingerprint density at radius 2 is 1.61 bits per heavy atom. The third-order valence-electron chi connectivity index (χ3n) is 5.49. The Hall–Kier alpha value is -1.79. The monoisotopic (exact) mass is 396 g/mol. The largest absolute Gasteiger partial charge is 0.455 e. The van der Waals surface area contributed by atoms with E-state index in [9.17, 15) is 14.4 Å². The van der Waals surface area contributed by atoms with E-state index in [0.29, 0.717) is 32.5 Å². The predicted molar refractivity (Wildman–Crippen MR) is 106 cm³/mol. The molecule has 0 unspecified atom stereocenters. The lowest BCUT2D eigenvalue weighted by Gasteiger charge is -2.34. The van der Waals surface area contributed by atoms with E-state index in [4.69, 9.17) is 9.47 Å². The fourth-order valence-electron chi connectivity index (χ4n) is 3.99. The van der Waals surface area contributed by atoms with Gasteiger partial charge in [0, 0.05) is 25.7 Å². The Kier molecular flexibility index (Phi) is 8.13. The molecule has 1 saturated carbocycles. The Balaban J connectivity index is 1.74. The summed E-state index contributed by atoms with van der Waals surface area (Å²) in [5.41, 5.74) is -0.531. The number of likely N-dealkylation sites (tertiary alicyclic amines) is 1. The van der Waals surface area contributed by atoms with Crippen molar-refractivity contribution >= 4 is 18.0 Å². The number of amides is 2. The van der Waals surface area contributed by atoms with Gasteiger partial charge in [-0.25, -0.2) is 4.79 Å². The maximum atomic E-state index is 12.5. The van der Waals surface area contributed by atoms with Crippen molar-refractivity contribution in [3.05, 3.63) is 0 Å². The molecule has 2 rings (SSSR count). The quantitative estimate of drug-likeness (QED) is 0.666. The number of carbonyl (C=O) groups excluding carboxylic acids is 3. The van der Waals surface area contributed by atoms with Crippen molar-refractivity contribution in [1.29, 1.82) is 0 Å². The molecular formula is C21H36N2O5. The van der Waals surface area contributed by atoms with E-state index >= 15 is 0 Å². The molecule has 0 spiro atoms. The van der Waals surface area contributed by atoms with Crippen LogP contribution in [0.15, 0.2) is 0 Å². The molecule has 0 aromatic carbocycles. The van der Waals surface area contributed by atoms with Crippen molar-refractivity contribution in [2.45, 2.75) is 84.3 Å². The van der Waals surface area contributed by atoms with Crippen LogP contribution in [-0.4, -0.2) is 65.7 Å². The highest BCUT2D eigenvalue weighted by atomic mass is 16.6. The first-order valence-corrected chi connectivity index (χ1v) is 10.6. The first kappa shape index (κ1) is 22.5. The van der Waals surface area contributed by atoms with Gasteiger partial charge in [-0.3, -0.25) is 9.59 Å². The molecule has 7 nitrogen and oxygen atoms in total. The molecular weight excluding hydrogens is 360 g/mol. The third kappa shape index (κ3) is 6.67. The van der Waals surface area contributed by atoms with E-state index in [1.54, 1.807) is 4.90 Å². The minimum atomic E-state index is -0.531. The van der Waals surface area contributed by atoms with Crippen LogP contribution in [0.25, 0.3) is 0 Å². The second kappa shape index (κ2) is 10.1. The molecule has 0 aromatic rings. The highest BCUT2D eigenvalue weighted by molar-refractivity contribution is 5.81. The molecule has 0 radical (unpaired) electrons. The predicted octanol–water partition coefficient (Wildman–Crippen LogP) is 3.36. The van der Waals surface area contributed by atoms with E-state index in [2.05, 4.69) is 0 Å². The van der Waals surface area contributed by atoms with Gasteiger partial charge >= 0.3 is 12.1 Å². The van der Waals surface area contributed by atoms with Crippen LogP contribution in [-0.2, 0) is 19.1 Å². The van der Waals surface area contributed by atoms with Crippen molar-refractivity contribution in [1.82, 2.24) is 9.80 Å². The number of piperidine rings is 1. The molecule has 0 N–H and O–H groups in total. The van der Waals surface area contributed by atoms with Crippen LogP contribution in [0.1, 0.15) is 72.6 Å². The van der Waals surface area contributed by atoms with Gasteiger partial charge in [0.1, 0.15) is 5.60 Å². The molecule has 2 amide bonds. The van der Waals surface area contributed by atoms with Gasteiger partial charge in [0.2, 0.25) is 0 Å². The van der Waals surface area contributed by atoms with E-state index in [0.717, 1.165) is 25.7 Å². The van der Waals surface area contributed by atoms with E-state index in [-0.39, 0.29) is 36.5 Å². The van der Waals surface area contributed by atoms with Crippen molar-refractivity contribution in [2.24, 2.45) is 5.92 Å². The van der Waals surface area contributed by atoms with Gasteiger partial charge in [0.05, 0.1) is 5.92 Å². The Bertz CT molecular complexity index is 543. The van der Waals surface area contributed by atoms with Gasteiger partial charge in [-0.05, 0) is 53.4 Å². The summed E-state index contributed by atoms with van der Waals surface area (Å²) in [7, 11) is 0. The average Bonchev–Trinajstić information content (AvgIpc) is 2.66. The number of hydrogen-bond donors (Lipinski definition) is 0. The molecule has 160 valence electrons. The smallest absolute Gasteiger partial charge is 0.410 e. The first-order chi connectivity index (χ1) is 13.2. The van der Waals surface area contributed by atoms with Gasteiger partial charge in [0.15, 0.2) is 6.61 Å². The van der Waals surface area contributed by atoms with Crippen LogP contribution in [0.5, 0.6) is 0 Å². The Labute approximate surface area is 168 Å². The molecule has 28 heavy (non-hydrogen) atoms. The second-order valence-electron chi connectivity index (χ2n) is 8.82. The zero-order valence-corrected chi connectivity index (χ0v) is 17.9. The fraction of sp³-hybridized carbons (Fsp3) is 0.857. The molecule has 1 aliphatic carbocycles. The third-order valence-corrected chi connectivity index (χ3v) is 5.49. The first-order valence-electron chi connectivity index (χ1n) is 10.6. The number of carbonyl (C=O) groups is 3. The zero-order valence-electron chi connectivity index (χ0n) is 17.9. The van der Waals surface area contributed by atoms with Crippen LogP contribution >= 0.6 is 0 Å². The molecule has 1 saturated heterocycles.